The monoisotopic (exact) mass is 361 g/mol. The van der Waals surface area contributed by atoms with E-state index in [1.54, 1.807) is 0 Å². The van der Waals surface area contributed by atoms with Crippen LogP contribution in [0.4, 0.5) is 0 Å². The third kappa shape index (κ3) is 4.20. The fourth-order valence-electron chi connectivity index (χ4n) is 3.31. The number of hydrogen-bond donors (Lipinski definition) is 4. The van der Waals surface area contributed by atoms with Crippen molar-refractivity contribution in [3.05, 3.63) is 35.7 Å². The van der Waals surface area contributed by atoms with Gasteiger partial charge in [0.2, 0.25) is 0 Å². The van der Waals surface area contributed by atoms with Gasteiger partial charge in [0, 0.05) is 39.5 Å². The van der Waals surface area contributed by atoms with Gasteiger partial charge in [-0.05, 0) is 30.7 Å². The van der Waals surface area contributed by atoms with Crippen molar-refractivity contribution < 1.29 is 15.3 Å². The number of aliphatic hydroxyl groups is 1. The van der Waals surface area contributed by atoms with E-state index in [-0.39, 0.29) is 11.5 Å². The lowest BCUT2D eigenvalue weighted by Crippen LogP contribution is -2.42. The first-order chi connectivity index (χ1) is 12.4. The molecular formula is C18H27N5O3. The summed E-state index contributed by atoms with van der Waals surface area (Å²) >= 11 is 0. The van der Waals surface area contributed by atoms with Gasteiger partial charge < -0.3 is 35.3 Å². The van der Waals surface area contributed by atoms with Gasteiger partial charge in [-0.25, -0.2) is 4.99 Å². The summed E-state index contributed by atoms with van der Waals surface area (Å²) in [7, 11) is 4.10. The predicted octanol–water partition coefficient (Wildman–Crippen LogP) is 0.459. The zero-order valence-corrected chi connectivity index (χ0v) is 15.3. The van der Waals surface area contributed by atoms with Crippen LogP contribution in [-0.4, -0.2) is 82.9 Å². The van der Waals surface area contributed by atoms with Crippen LogP contribution in [0.25, 0.3) is 0 Å². The summed E-state index contributed by atoms with van der Waals surface area (Å²) in [5, 5.41) is 32.3. The van der Waals surface area contributed by atoms with Gasteiger partial charge in [-0.1, -0.05) is 0 Å². The van der Waals surface area contributed by atoms with Gasteiger partial charge in [0.05, 0.1) is 18.5 Å². The van der Waals surface area contributed by atoms with E-state index in [0.717, 1.165) is 37.7 Å². The van der Waals surface area contributed by atoms with Crippen LogP contribution in [0, 0.1) is 0 Å². The fourth-order valence-corrected chi connectivity index (χ4v) is 3.31. The third-order valence-corrected chi connectivity index (χ3v) is 4.53. The molecule has 0 aliphatic carbocycles. The molecule has 142 valence electrons. The maximum Gasteiger partial charge on any atom is 0.152 e. The molecule has 2 heterocycles. The van der Waals surface area contributed by atoms with Crippen LogP contribution in [0.5, 0.6) is 11.5 Å². The van der Waals surface area contributed by atoms with Gasteiger partial charge in [0.1, 0.15) is 18.2 Å². The largest absolute Gasteiger partial charge is 0.508 e. The molecule has 2 aliphatic rings. The maximum atomic E-state index is 10.2. The highest BCUT2D eigenvalue weighted by Crippen LogP contribution is 2.24. The Kier molecular flexibility index (Phi) is 5.53. The number of fused-ring (bicyclic) bond motifs is 1. The molecular weight excluding hydrogens is 334 g/mol. The standard InChI is InChI=1S/C18H27N5O3/c1-21-10-16-18(22(2)12-21)20-11-23(16)5-3-4-19-9-17(26)13-6-14(24)8-15(25)7-13/h6-8,10,17,19,24-26H,3-5,9,11-12H2,1-2H3. The summed E-state index contributed by atoms with van der Waals surface area (Å²) in [5.41, 5.74) is 1.66. The molecule has 0 aromatic heterocycles. The zero-order chi connectivity index (χ0) is 18.7. The number of hydrogen-bond acceptors (Lipinski definition) is 8. The minimum absolute atomic E-state index is 0.0559. The molecule has 0 spiro atoms. The average Bonchev–Trinajstić information content (AvgIpc) is 2.96. The van der Waals surface area contributed by atoms with Crippen molar-refractivity contribution in [1.29, 1.82) is 0 Å². The number of phenolic OH excluding ortho intramolecular Hbond substituents is 2. The molecule has 0 fully saturated rings. The highest BCUT2D eigenvalue weighted by atomic mass is 16.3. The van der Waals surface area contributed by atoms with E-state index in [9.17, 15) is 15.3 Å². The second-order valence-corrected chi connectivity index (χ2v) is 6.85. The molecule has 26 heavy (non-hydrogen) atoms. The molecule has 0 radical (unpaired) electrons. The van der Waals surface area contributed by atoms with Crippen molar-refractivity contribution in [2.45, 2.75) is 12.5 Å². The first kappa shape index (κ1) is 18.3. The van der Waals surface area contributed by atoms with Crippen molar-refractivity contribution in [1.82, 2.24) is 20.0 Å². The Morgan fingerprint density at radius 3 is 2.65 bits per heavy atom. The van der Waals surface area contributed by atoms with E-state index in [1.807, 2.05) is 7.05 Å². The average molecular weight is 361 g/mol. The summed E-state index contributed by atoms with van der Waals surface area (Å²) < 4.78 is 0. The molecule has 4 N–H and O–H groups in total. The third-order valence-electron chi connectivity index (χ3n) is 4.53. The number of likely N-dealkylation sites (N-methyl/N-ethyl adjacent to an activating group) is 1. The number of nitrogens with zero attached hydrogens (tertiary/aromatic N) is 4. The van der Waals surface area contributed by atoms with Crippen LogP contribution in [0.1, 0.15) is 18.1 Å². The van der Waals surface area contributed by atoms with Crippen molar-refractivity contribution in [2.24, 2.45) is 4.99 Å². The van der Waals surface area contributed by atoms with Crippen LogP contribution in [-0.2, 0) is 0 Å². The summed E-state index contributed by atoms with van der Waals surface area (Å²) in [6.07, 6.45) is 2.28. The minimum atomic E-state index is -0.780. The highest BCUT2D eigenvalue weighted by Gasteiger charge is 2.28. The SMILES string of the molecule is CN1C=C2C(=NCN2CCCNCC(O)c2cc(O)cc(O)c2)N(C)C1. The molecule has 1 unspecified atom stereocenters. The smallest absolute Gasteiger partial charge is 0.152 e. The highest BCUT2D eigenvalue weighted by molar-refractivity contribution is 5.99. The number of rotatable bonds is 7. The molecule has 8 nitrogen and oxygen atoms in total. The predicted molar refractivity (Wildman–Crippen MR) is 99.7 cm³/mol. The molecule has 1 aromatic rings. The number of aliphatic imine (C=N–C) groups is 1. The van der Waals surface area contributed by atoms with Crippen LogP contribution < -0.4 is 5.32 Å². The van der Waals surface area contributed by atoms with E-state index in [0.29, 0.717) is 18.8 Å². The minimum Gasteiger partial charge on any atom is -0.508 e. The number of aromatic hydroxyl groups is 2. The number of amidine groups is 1. The first-order valence-corrected chi connectivity index (χ1v) is 8.78. The van der Waals surface area contributed by atoms with E-state index >= 15 is 0 Å². The number of benzene rings is 1. The summed E-state index contributed by atoms with van der Waals surface area (Å²) in [6.45, 7) is 3.53. The van der Waals surface area contributed by atoms with Crippen LogP contribution in [0.3, 0.4) is 0 Å². The van der Waals surface area contributed by atoms with E-state index in [4.69, 9.17) is 0 Å². The lowest BCUT2D eigenvalue weighted by Gasteiger charge is -2.33. The summed E-state index contributed by atoms with van der Waals surface area (Å²) in [4.78, 5) is 11.2. The van der Waals surface area contributed by atoms with Gasteiger partial charge >= 0.3 is 0 Å². The lowest BCUT2D eigenvalue weighted by atomic mass is 10.1. The second kappa shape index (κ2) is 7.84. The second-order valence-electron chi connectivity index (χ2n) is 6.85. The molecule has 2 aliphatic heterocycles. The van der Waals surface area contributed by atoms with Crippen molar-refractivity contribution in [3.63, 3.8) is 0 Å². The van der Waals surface area contributed by atoms with Crippen LogP contribution >= 0.6 is 0 Å². The maximum absolute atomic E-state index is 10.2. The Balaban J connectivity index is 1.41. The number of aliphatic hydroxyl groups excluding tert-OH is 1. The quantitative estimate of drug-likeness (QED) is 0.524. The Morgan fingerprint density at radius 1 is 1.19 bits per heavy atom. The Labute approximate surface area is 153 Å². The number of nitrogens with one attached hydrogen (secondary N) is 1. The summed E-state index contributed by atoms with van der Waals surface area (Å²) in [5.74, 6) is 0.939. The topological polar surface area (TPSA) is 94.8 Å². The molecule has 0 saturated carbocycles. The molecule has 0 amide bonds. The fraction of sp³-hybridized carbons (Fsp3) is 0.500. The van der Waals surface area contributed by atoms with E-state index < -0.39 is 6.10 Å². The van der Waals surface area contributed by atoms with Gasteiger partial charge in [-0.15, -0.1) is 0 Å². The molecule has 3 rings (SSSR count). The Bertz CT molecular complexity index is 686. The molecule has 1 aromatic carbocycles. The first-order valence-electron chi connectivity index (χ1n) is 8.78. The van der Waals surface area contributed by atoms with Crippen LogP contribution in [0.2, 0.25) is 0 Å². The van der Waals surface area contributed by atoms with Gasteiger partial charge in [-0.3, -0.25) is 0 Å². The molecule has 1 atom stereocenters. The van der Waals surface area contributed by atoms with Gasteiger partial charge in [0.25, 0.3) is 0 Å². The molecule has 8 heteroatoms. The summed E-state index contributed by atoms with van der Waals surface area (Å²) in [6, 6.07) is 4.15. The van der Waals surface area contributed by atoms with Crippen LogP contribution in [0.15, 0.2) is 35.1 Å². The lowest BCUT2D eigenvalue weighted by molar-refractivity contribution is 0.173. The Hall–Kier alpha value is -2.45. The van der Waals surface area contributed by atoms with Crippen molar-refractivity contribution in [3.8, 4) is 11.5 Å². The normalized spacial score (nSPS) is 17.9. The Morgan fingerprint density at radius 2 is 1.92 bits per heavy atom. The van der Waals surface area contributed by atoms with E-state index in [1.165, 1.54) is 18.2 Å². The van der Waals surface area contributed by atoms with Crippen molar-refractivity contribution in [2.75, 3.05) is 47.1 Å². The molecule has 0 saturated heterocycles. The van der Waals surface area contributed by atoms with Gasteiger partial charge in [0.15, 0.2) is 5.84 Å². The molecule has 0 bridgehead atoms. The number of phenols is 2. The van der Waals surface area contributed by atoms with E-state index in [2.05, 4.69) is 38.3 Å². The zero-order valence-electron chi connectivity index (χ0n) is 15.3. The van der Waals surface area contributed by atoms with Gasteiger partial charge in [-0.2, -0.15) is 0 Å². The van der Waals surface area contributed by atoms with Crippen molar-refractivity contribution >= 4 is 5.84 Å².